The Hall–Kier alpha value is -3.37. The first-order chi connectivity index (χ1) is 20.1. The van der Waals surface area contributed by atoms with Crippen LogP contribution in [0.5, 0.6) is 0 Å². The van der Waals surface area contributed by atoms with Gasteiger partial charge in [-0.25, -0.2) is 14.6 Å². The van der Waals surface area contributed by atoms with Gasteiger partial charge in [0.05, 0.1) is 24.0 Å². The van der Waals surface area contributed by atoms with Crippen LogP contribution >= 0.6 is 11.6 Å². The lowest BCUT2D eigenvalue weighted by Crippen LogP contribution is -2.30. The van der Waals surface area contributed by atoms with Gasteiger partial charge < -0.3 is 16.1 Å². The number of halogens is 3. The molecule has 2 heterocycles. The molecule has 0 spiro atoms. The Labute approximate surface area is 253 Å². The topological polar surface area (TPSA) is 98.0 Å². The Balaban J connectivity index is 0.00000148. The summed E-state index contributed by atoms with van der Waals surface area (Å²) < 4.78 is 30.0. The molecule has 4 rings (SSSR count). The van der Waals surface area contributed by atoms with Gasteiger partial charge in [0, 0.05) is 65.5 Å². The maximum absolute atomic E-state index is 14.1. The van der Waals surface area contributed by atoms with Crippen molar-refractivity contribution in [1.29, 1.82) is 0 Å². The minimum absolute atomic E-state index is 0.304. The minimum atomic E-state index is -0.626. The first-order valence-electron chi connectivity index (χ1n) is 14.3. The number of hydrogen-bond donors (Lipinski definition) is 3. The number of benzene rings is 2. The monoisotopic (exact) mass is 599 g/mol. The number of pyridine rings is 1. The normalized spacial score (nSPS) is 12.0. The van der Waals surface area contributed by atoms with E-state index in [1.807, 2.05) is 76.7 Å². The summed E-state index contributed by atoms with van der Waals surface area (Å²) in [6, 6.07) is 12.2. The van der Waals surface area contributed by atoms with Gasteiger partial charge in [-0.15, -0.1) is 0 Å². The van der Waals surface area contributed by atoms with E-state index >= 15 is 0 Å². The van der Waals surface area contributed by atoms with Crippen LogP contribution in [0.2, 0.25) is 5.02 Å². The first-order valence-corrected chi connectivity index (χ1v) is 14.7. The van der Waals surface area contributed by atoms with Crippen molar-refractivity contribution in [1.82, 2.24) is 20.1 Å². The molecule has 10 heteroatoms. The molecule has 1 unspecified atom stereocenters. The number of nitrogens with zero attached hydrogens (tertiary/aromatic N) is 4. The summed E-state index contributed by atoms with van der Waals surface area (Å²) >= 11 is 6.54. The second kappa shape index (κ2) is 16.9. The number of aromatic nitrogens is 3. The molecule has 2 aromatic heterocycles. The Kier molecular flexibility index (Phi) is 14.0. The third-order valence-corrected chi connectivity index (χ3v) is 6.64. The number of nitrogens with one attached hydrogen (secondary N) is 1. The van der Waals surface area contributed by atoms with Gasteiger partial charge in [-0.05, 0) is 56.2 Å². The highest BCUT2D eigenvalue weighted by Gasteiger charge is 2.24. The molecule has 0 amide bonds. The summed E-state index contributed by atoms with van der Waals surface area (Å²) in [6.07, 6.45) is 3.90. The molecule has 0 aliphatic rings. The summed E-state index contributed by atoms with van der Waals surface area (Å²) in [5, 5.41) is 9.81. The molecule has 0 aliphatic carbocycles. The van der Waals surface area contributed by atoms with E-state index < -0.39 is 11.6 Å². The van der Waals surface area contributed by atoms with E-state index in [1.54, 1.807) is 19.3 Å². The molecule has 7 nitrogen and oxygen atoms in total. The zero-order valence-electron chi connectivity index (χ0n) is 25.6. The number of rotatable bonds is 10. The van der Waals surface area contributed by atoms with Gasteiger partial charge >= 0.3 is 0 Å². The maximum Gasteiger partial charge on any atom is 0.126 e. The van der Waals surface area contributed by atoms with Crippen LogP contribution in [0, 0.1) is 18.6 Å². The molecule has 5 N–H and O–H groups in total. The fraction of sp³-hybridized carbons (Fsp3) is 0.375. The lowest BCUT2D eigenvalue weighted by Gasteiger charge is -2.27. The second-order valence-electron chi connectivity index (χ2n) is 9.40. The van der Waals surface area contributed by atoms with Gasteiger partial charge in [0.2, 0.25) is 0 Å². The van der Waals surface area contributed by atoms with Crippen LogP contribution in [0.25, 0.3) is 11.1 Å². The molecule has 0 radical (unpaired) electrons. The van der Waals surface area contributed by atoms with Crippen molar-refractivity contribution < 1.29 is 8.78 Å². The predicted octanol–water partition coefficient (Wildman–Crippen LogP) is 7.14. The lowest BCUT2D eigenvalue weighted by atomic mass is 9.91. The Morgan fingerprint density at radius 2 is 1.67 bits per heavy atom. The first kappa shape index (κ1) is 34.8. The average Bonchev–Trinajstić information content (AvgIpc) is 3.47. The van der Waals surface area contributed by atoms with E-state index in [1.165, 1.54) is 17.1 Å². The molecule has 0 bridgehead atoms. The van der Waals surface area contributed by atoms with Crippen LogP contribution in [0.3, 0.4) is 0 Å². The molecular formula is C32H44ClF2N7. The summed E-state index contributed by atoms with van der Waals surface area (Å²) in [5.74, 6) is 5.04. The van der Waals surface area contributed by atoms with Crippen LogP contribution in [0.1, 0.15) is 69.2 Å². The van der Waals surface area contributed by atoms with Crippen LogP contribution in [-0.2, 0) is 13.0 Å². The van der Waals surface area contributed by atoms with Crippen molar-refractivity contribution in [3.8, 4) is 11.1 Å². The number of nitrogens with two attached hydrogens (primary N) is 2. The van der Waals surface area contributed by atoms with Gasteiger partial charge in [-0.3, -0.25) is 9.67 Å². The molecule has 2 atom stereocenters. The fourth-order valence-electron chi connectivity index (χ4n) is 4.70. The fourth-order valence-corrected chi connectivity index (χ4v) is 5.02. The van der Waals surface area contributed by atoms with E-state index in [2.05, 4.69) is 10.4 Å². The second-order valence-corrected chi connectivity index (χ2v) is 9.81. The van der Waals surface area contributed by atoms with Crippen molar-refractivity contribution in [2.24, 2.45) is 11.6 Å². The number of anilines is 1. The van der Waals surface area contributed by atoms with Gasteiger partial charge in [-0.1, -0.05) is 51.4 Å². The predicted molar refractivity (Wildman–Crippen MR) is 170 cm³/mol. The summed E-state index contributed by atoms with van der Waals surface area (Å²) in [4.78, 5) is 4.91. The van der Waals surface area contributed by atoms with Crippen molar-refractivity contribution in [3.05, 3.63) is 100 Å². The van der Waals surface area contributed by atoms with Crippen molar-refractivity contribution in [2.45, 2.75) is 66.6 Å². The van der Waals surface area contributed by atoms with Crippen LogP contribution in [-0.4, -0.2) is 28.4 Å². The molecule has 0 saturated heterocycles. The molecule has 4 aromatic rings. The highest BCUT2D eigenvalue weighted by molar-refractivity contribution is 6.32. The van der Waals surface area contributed by atoms with Crippen molar-refractivity contribution >= 4 is 17.3 Å². The summed E-state index contributed by atoms with van der Waals surface area (Å²) in [6.45, 7) is 12.9. The van der Waals surface area contributed by atoms with Crippen LogP contribution < -0.4 is 21.9 Å². The van der Waals surface area contributed by atoms with E-state index in [4.69, 9.17) is 28.2 Å². The highest BCUT2D eigenvalue weighted by Crippen LogP contribution is 2.41. The number of hydrazine groups is 1. The van der Waals surface area contributed by atoms with Gasteiger partial charge in [0.1, 0.15) is 11.6 Å². The molecular weight excluding hydrogens is 556 g/mol. The molecule has 42 heavy (non-hydrogen) atoms. The largest absolute Gasteiger partial charge is 0.324 e. The standard InChI is InChI=1S/C28H32ClF2N7.2C2H6/c1-17-5-6-22(23-7-8-24(29)26(18(2)32)28(23)37(3)33)27(36-17)25(34-10-12-38-11-4-9-35-38)15-19-13-20(30)16-21(31)14-19;2*1-2/h4-9,11,13-14,16,18,25,34H,10,12,15,32-33H2,1-3H3;2*1-2H3/t18?,25-;;/m0../s1. The summed E-state index contributed by atoms with van der Waals surface area (Å²) in [5.41, 5.74) is 11.3. The average molecular weight is 600 g/mol. The zero-order chi connectivity index (χ0) is 31.4. The number of aryl methyl sites for hydroxylation is 1. The van der Waals surface area contributed by atoms with Crippen molar-refractivity contribution in [2.75, 3.05) is 18.6 Å². The molecule has 0 saturated carbocycles. The Morgan fingerprint density at radius 1 is 1.02 bits per heavy atom. The minimum Gasteiger partial charge on any atom is -0.324 e. The zero-order valence-corrected chi connectivity index (χ0v) is 26.4. The van der Waals surface area contributed by atoms with E-state index in [9.17, 15) is 8.78 Å². The lowest BCUT2D eigenvalue weighted by molar-refractivity contribution is 0.474. The maximum atomic E-state index is 14.1. The smallest absolute Gasteiger partial charge is 0.126 e. The third-order valence-electron chi connectivity index (χ3n) is 6.31. The van der Waals surface area contributed by atoms with Gasteiger partial charge in [0.25, 0.3) is 0 Å². The quantitative estimate of drug-likeness (QED) is 0.132. The SMILES string of the molecule is CC.CC.Cc1ccc(-c2ccc(Cl)c(C(C)N)c2N(C)N)c([C@H](Cc2cc(F)cc(F)c2)NCCn2cccn2)n1. The van der Waals surface area contributed by atoms with Crippen LogP contribution in [0.15, 0.2) is 60.9 Å². The van der Waals surface area contributed by atoms with Gasteiger partial charge in [0.15, 0.2) is 0 Å². The Bertz CT molecular complexity index is 1370. The summed E-state index contributed by atoms with van der Waals surface area (Å²) in [7, 11) is 1.73. The molecule has 0 aliphatic heterocycles. The third kappa shape index (κ3) is 9.06. The molecule has 0 fully saturated rings. The van der Waals surface area contributed by atoms with Crippen molar-refractivity contribution in [3.63, 3.8) is 0 Å². The number of hydrogen-bond acceptors (Lipinski definition) is 6. The van der Waals surface area contributed by atoms with E-state index in [0.717, 1.165) is 34.1 Å². The van der Waals surface area contributed by atoms with E-state index in [0.29, 0.717) is 35.8 Å². The van der Waals surface area contributed by atoms with Gasteiger partial charge in [-0.2, -0.15) is 5.10 Å². The molecule has 228 valence electrons. The Morgan fingerprint density at radius 3 is 2.24 bits per heavy atom. The molecule has 2 aromatic carbocycles. The van der Waals surface area contributed by atoms with E-state index in [-0.39, 0.29) is 12.1 Å². The van der Waals surface area contributed by atoms with Crippen LogP contribution in [0.4, 0.5) is 14.5 Å². The highest BCUT2D eigenvalue weighted by atomic mass is 35.5.